The molecule has 2 heterocycles. The number of aromatic nitrogens is 2. The van der Waals surface area contributed by atoms with Crippen LogP contribution < -0.4 is 20.3 Å². The van der Waals surface area contributed by atoms with E-state index < -0.39 is 0 Å². The Morgan fingerprint density at radius 3 is 2.71 bits per heavy atom. The quantitative estimate of drug-likeness (QED) is 0.713. The van der Waals surface area contributed by atoms with Gasteiger partial charge in [-0.2, -0.15) is 5.10 Å². The number of carbonyl (C=O) groups is 1. The standard InChI is InChI=1S/C21H19N3O4/c25-20(22-13-15-6-8-18-19(12-15)28-14-27-18)10-11-24-21(26)9-7-17(23-24)16-4-2-1-3-5-16/h1-9,12H,10-11,13-14H2,(H,22,25). The molecule has 1 amide bonds. The number of hydrogen-bond donors (Lipinski definition) is 1. The summed E-state index contributed by atoms with van der Waals surface area (Å²) in [5.41, 5.74) is 2.30. The molecule has 1 aromatic heterocycles. The van der Waals surface area contributed by atoms with Gasteiger partial charge < -0.3 is 14.8 Å². The Morgan fingerprint density at radius 2 is 1.86 bits per heavy atom. The number of hydrogen-bond acceptors (Lipinski definition) is 5. The Balaban J connectivity index is 1.35. The minimum atomic E-state index is -0.233. The summed E-state index contributed by atoms with van der Waals surface area (Å²) in [6.07, 6.45) is 0.162. The fraction of sp³-hybridized carbons (Fsp3) is 0.190. The molecule has 0 fully saturated rings. The fourth-order valence-electron chi connectivity index (χ4n) is 2.92. The number of fused-ring (bicyclic) bond motifs is 1. The molecule has 7 heteroatoms. The topological polar surface area (TPSA) is 82.5 Å². The van der Waals surface area contributed by atoms with Gasteiger partial charge in [0.25, 0.3) is 5.56 Å². The van der Waals surface area contributed by atoms with Crippen molar-refractivity contribution in [3.05, 3.63) is 76.6 Å². The van der Waals surface area contributed by atoms with Crippen LogP contribution in [-0.2, 0) is 17.9 Å². The Labute approximate surface area is 161 Å². The second-order valence-corrected chi connectivity index (χ2v) is 6.36. The van der Waals surface area contributed by atoms with Crippen LogP contribution >= 0.6 is 0 Å². The first-order chi connectivity index (χ1) is 13.7. The highest BCUT2D eigenvalue weighted by Gasteiger charge is 2.13. The smallest absolute Gasteiger partial charge is 0.266 e. The molecule has 7 nitrogen and oxygen atoms in total. The molecule has 1 aliphatic heterocycles. The lowest BCUT2D eigenvalue weighted by molar-refractivity contribution is -0.121. The van der Waals surface area contributed by atoms with Gasteiger partial charge in [-0.15, -0.1) is 0 Å². The lowest BCUT2D eigenvalue weighted by atomic mass is 10.1. The van der Waals surface area contributed by atoms with Crippen molar-refractivity contribution < 1.29 is 14.3 Å². The maximum absolute atomic E-state index is 12.2. The highest BCUT2D eigenvalue weighted by Crippen LogP contribution is 2.32. The molecule has 142 valence electrons. The van der Waals surface area contributed by atoms with Crippen molar-refractivity contribution in [3.8, 4) is 22.8 Å². The van der Waals surface area contributed by atoms with Crippen molar-refractivity contribution in [2.75, 3.05) is 6.79 Å². The third-order valence-electron chi connectivity index (χ3n) is 4.41. The Hall–Kier alpha value is -3.61. The molecule has 4 rings (SSSR count). The molecule has 2 aromatic carbocycles. The van der Waals surface area contributed by atoms with Gasteiger partial charge in [0.1, 0.15) is 0 Å². The number of benzene rings is 2. The van der Waals surface area contributed by atoms with Crippen LogP contribution in [0.15, 0.2) is 65.5 Å². The molecule has 0 saturated carbocycles. The first kappa shape index (κ1) is 17.8. The zero-order valence-electron chi connectivity index (χ0n) is 15.1. The fourth-order valence-corrected chi connectivity index (χ4v) is 2.92. The van der Waals surface area contributed by atoms with E-state index in [0.29, 0.717) is 23.7 Å². The van der Waals surface area contributed by atoms with Crippen LogP contribution in [0.2, 0.25) is 0 Å². The Bertz CT molecular complexity index is 1050. The van der Waals surface area contributed by atoms with Crippen LogP contribution in [-0.4, -0.2) is 22.5 Å². The number of ether oxygens (including phenoxy) is 2. The van der Waals surface area contributed by atoms with Gasteiger partial charge in [-0.3, -0.25) is 9.59 Å². The van der Waals surface area contributed by atoms with Gasteiger partial charge >= 0.3 is 0 Å². The van der Waals surface area contributed by atoms with Crippen LogP contribution in [0.3, 0.4) is 0 Å². The average molecular weight is 377 g/mol. The average Bonchev–Trinajstić information content (AvgIpc) is 3.20. The molecule has 1 aliphatic rings. The predicted molar refractivity (Wildman–Crippen MR) is 103 cm³/mol. The van der Waals surface area contributed by atoms with Gasteiger partial charge in [-0.25, -0.2) is 4.68 Å². The number of nitrogens with one attached hydrogen (secondary N) is 1. The van der Waals surface area contributed by atoms with E-state index in [4.69, 9.17) is 9.47 Å². The summed E-state index contributed by atoms with van der Waals surface area (Å²) >= 11 is 0. The molecule has 0 saturated heterocycles. The Morgan fingerprint density at radius 1 is 1.04 bits per heavy atom. The van der Waals surface area contributed by atoms with Crippen LogP contribution in [0.5, 0.6) is 11.5 Å². The second-order valence-electron chi connectivity index (χ2n) is 6.36. The molecular weight excluding hydrogens is 358 g/mol. The van der Waals surface area contributed by atoms with Crippen LogP contribution in [0, 0.1) is 0 Å². The predicted octanol–water partition coefficient (Wildman–Crippen LogP) is 2.35. The minimum Gasteiger partial charge on any atom is -0.454 e. The summed E-state index contributed by atoms with van der Waals surface area (Å²) in [4.78, 5) is 24.2. The van der Waals surface area contributed by atoms with E-state index in [1.54, 1.807) is 6.07 Å². The van der Waals surface area contributed by atoms with E-state index in [1.165, 1.54) is 10.7 Å². The molecule has 0 unspecified atom stereocenters. The third kappa shape index (κ3) is 4.03. The molecule has 0 atom stereocenters. The van der Waals surface area contributed by atoms with Gasteiger partial charge in [0.2, 0.25) is 12.7 Å². The summed E-state index contributed by atoms with van der Waals surface area (Å²) in [7, 11) is 0. The number of nitrogens with zero attached hydrogens (tertiary/aromatic N) is 2. The molecule has 0 spiro atoms. The zero-order chi connectivity index (χ0) is 19.3. The van der Waals surface area contributed by atoms with E-state index >= 15 is 0 Å². The van der Waals surface area contributed by atoms with E-state index in [1.807, 2.05) is 48.5 Å². The maximum atomic E-state index is 12.2. The minimum absolute atomic E-state index is 0.156. The summed E-state index contributed by atoms with van der Waals surface area (Å²) in [6, 6.07) is 18.3. The van der Waals surface area contributed by atoms with Crippen LogP contribution in [0.1, 0.15) is 12.0 Å². The van der Waals surface area contributed by atoms with Crippen molar-refractivity contribution in [3.63, 3.8) is 0 Å². The van der Waals surface area contributed by atoms with Crippen molar-refractivity contribution in [2.24, 2.45) is 0 Å². The number of amides is 1. The van der Waals surface area contributed by atoms with Gasteiger partial charge in [0.05, 0.1) is 12.2 Å². The normalized spacial score (nSPS) is 12.0. The molecule has 0 radical (unpaired) electrons. The van der Waals surface area contributed by atoms with Gasteiger partial charge in [-0.1, -0.05) is 36.4 Å². The molecule has 28 heavy (non-hydrogen) atoms. The molecule has 3 aromatic rings. The Kier molecular flexibility index (Phi) is 5.05. The second kappa shape index (κ2) is 7.96. The SMILES string of the molecule is O=C(CCn1nc(-c2ccccc2)ccc1=O)NCc1ccc2c(c1)OCO2. The molecule has 0 aliphatic carbocycles. The first-order valence-electron chi connectivity index (χ1n) is 8.98. The molecule has 1 N–H and O–H groups in total. The van der Waals surface area contributed by atoms with E-state index in [2.05, 4.69) is 10.4 Å². The van der Waals surface area contributed by atoms with E-state index in [-0.39, 0.29) is 31.2 Å². The van der Waals surface area contributed by atoms with Gasteiger partial charge in [0, 0.05) is 24.6 Å². The van der Waals surface area contributed by atoms with E-state index in [9.17, 15) is 9.59 Å². The van der Waals surface area contributed by atoms with Crippen molar-refractivity contribution in [1.82, 2.24) is 15.1 Å². The van der Waals surface area contributed by atoms with Crippen LogP contribution in [0.25, 0.3) is 11.3 Å². The summed E-state index contributed by atoms with van der Waals surface area (Å²) < 4.78 is 11.9. The maximum Gasteiger partial charge on any atom is 0.266 e. The highest BCUT2D eigenvalue weighted by atomic mass is 16.7. The van der Waals surface area contributed by atoms with Gasteiger partial charge in [-0.05, 0) is 23.8 Å². The van der Waals surface area contributed by atoms with Crippen molar-refractivity contribution >= 4 is 5.91 Å². The number of aryl methyl sites for hydroxylation is 1. The number of carbonyl (C=O) groups excluding carboxylic acids is 1. The summed E-state index contributed by atoms with van der Waals surface area (Å²) in [5, 5.41) is 7.21. The highest BCUT2D eigenvalue weighted by molar-refractivity contribution is 5.75. The zero-order valence-corrected chi connectivity index (χ0v) is 15.1. The van der Waals surface area contributed by atoms with Gasteiger partial charge in [0.15, 0.2) is 11.5 Å². The molecule has 0 bridgehead atoms. The number of rotatable bonds is 6. The largest absolute Gasteiger partial charge is 0.454 e. The monoisotopic (exact) mass is 377 g/mol. The lowest BCUT2D eigenvalue weighted by Crippen LogP contribution is -2.28. The van der Waals surface area contributed by atoms with Crippen molar-refractivity contribution in [2.45, 2.75) is 19.5 Å². The summed E-state index contributed by atoms with van der Waals surface area (Å²) in [6.45, 7) is 0.809. The van der Waals surface area contributed by atoms with Crippen molar-refractivity contribution in [1.29, 1.82) is 0 Å². The first-order valence-corrected chi connectivity index (χ1v) is 8.98. The van der Waals surface area contributed by atoms with Crippen LogP contribution in [0.4, 0.5) is 0 Å². The lowest BCUT2D eigenvalue weighted by Gasteiger charge is -2.08. The summed E-state index contributed by atoms with van der Waals surface area (Å²) in [5.74, 6) is 1.23. The van der Waals surface area contributed by atoms with E-state index in [0.717, 1.165) is 11.1 Å². The molecular formula is C21H19N3O4. The third-order valence-corrected chi connectivity index (χ3v) is 4.41.